The van der Waals surface area contributed by atoms with Gasteiger partial charge < -0.3 is 15.4 Å². The molecule has 1 unspecified atom stereocenters. The first-order valence-corrected chi connectivity index (χ1v) is 10.7. The Bertz CT molecular complexity index is 748. The summed E-state index contributed by atoms with van der Waals surface area (Å²) in [4.78, 5) is 4.75. The van der Waals surface area contributed by atoms with E-state index in [1.807, 2.05) is 25.1 Å². The fraction of sp³-hybridized carbons (Fsp3) is 0.611. The van der Waals surface area contributed by atoms with Crippen LogP contribution in [0.1, 0.15) is 31.7 Å². The summed E-state index contributed by atoms with van der Waals surface area (Å²) in [6.45, 7) is 3.42. The number of benzene rings is 1. The van der Waals surface area contributed by atoms with Gasteiger partial charge in [-0.15, -0.1) is 24.0 Å². The van der Waals surface area contributed by atoms with Crippen LogP contribution >= 0.6 is 24.0 Å². The van der Waals surface area contributed by atoms with Crippen LogP contribution in [0.25, 0.3) is 0 Å². The number of nitrogens with one attached hydrogen (secondary N) is 2. The number of halogens is 1. The van der Waals surface area contributed by atoms with Gasteiger partial charge in [-0.1, -0.05) is 18.2 Å². The summed E-state index contributed by atoms with van der Waals surface area (Å²) in [6, 6.07) is 8.07. The van der Waals surface area contributed by atoms with Gasteiger partial charge in [0.25, 0.3) is 0 Å². The van der Waals surface area contributed by atoms with E-state index in [0.717, 1.165) is 25.1 Å². The lowest BCUT2D eigenvalue weighted by atomic mass is 9.95. The molecule has 0 bridgehead atoms. The summed E-state index contributed by atoms with van der Waals surface area (Å²) in [7, 11) is -1.20. The van der Waals surface area contributed by atoms with E-state index < -0.39 is 9.84 Å². The van der Waals surface area contributed by atoms with Crippen molar-refractivity contribution in [2.45, 2.75) is 37.6 Å². The van der Waals surface area contributed by atoms with E-state index in [9.17, 15) is 8.42 Å². The van der Waals surface area contributed by atoms with Gasteiger partial charge in [0.15, 0.2) is 15.8 Å². The lowest BCUT2D eigenvalue weighted by molar-refractivity contribution is 0.404. The second-order valence-electron chi connectivity index (χ2n) is 6.92. The van der Waals surface area contributed by atoms with E-state index in [4.69, 9.17) is 9.73 Å². The first-order valence-electron chi connectivity index (χ1n) is 8.87. The zero-order valence-electron chi connectivity index (χ0n) is 15.3. The van der Waals surface area contributed by atoms with Crippen molar-refractivity contribution in [2.24, 2.45) is 4.99 Å². The average molecular weight is 493 g/mol. The molecule has 1 aliphatic carbocycles. The zero-order valence-corrected chi connectivity index (χ0v) is 18.5. The van der Waals surface area contributed by atoms with Crippen LogP contribution in [-0.4, -0.2) is 52.1 Å². The van der Waals surface area contributed by atoms with Crippen LogP contribution in [0.4, 0.5) is 0 Å². The van der Waals surface area contributed by atoms with Crippen molar-refractivity contribution in [2.75, 3.05) is 31.7 Å². The Morgan fingerprint density at radius 1 is 1.35 bits per heavy atom. The molecule has 8 heteroatoms. The molecule has 1 heterocycles. The first kappa shape index (κ1) is 21.3. The molecular formula is C18H28IN3O3S. The number of sulfone groups is 1. The van der Waals surface area contributed by atoms with Gasteiger partial charge in [-0.05, 0) is 32.3 Å². The van der Waals surface area contributed by atoms with Gasteiger partial charge in [-0.25, -0.2) is 8.42 Å². The maximum absolute atomic E-state index is 11.6. The van der Waals surface area contributed by atoms with Crippen LogP contribution in [0.15, 0.2) is 29.3 Å². The van der Waals surface area contributed by atoms with Crippen molar-refractivity contribution in [3.05, 3.63) is 29.8 Å². The Morgan fingerprint density at radius 3 is 2.65 bits per heavy atom. The third-order valence-electron chi connectivity index (χ3n) is 4.99. The van der Waals surface area contributed by atoms with Crippen molar-refractivity contribution in [1.29, 1.82) is 0 Å². The highest BCUT2D eigenvalue weighted by Gasteiger charge is 2.46. The summed E-state index contributed by atoms with van der Waals surface area (Å²) >= 11 is 0. The molecular weight excluding hydrogens is 465 g/mol. The van der Waals surface area contributed by atoms with Crippen molar-refractivity contribution in [3.8, 4) is 5.75 Å². The normalized spacial score (nSPS) is 23.0. The van der Waals surface area contributed by atoms with E-state index >= 15 is 0 Å². The average Bonchev–Trinajstić information content (AvgIpc) is 3.31. The first-order chi connectivity index (χ1) is 12.0. The van der Waals surface area contributed by atoms with Gasteiger partial charge in [0.05, 0.1) is 25.2 Å². The molecule has 1 saturated heterocycles. The van der Waals surface area contributed by atoms with Crippen molar-refractivity contribution < 1.29 is 13.2 Å². The highest BCUT2D eigenvalue weighted by atomic mass is 127. The van der Waals surface area contributed by atoms with Crippen molar-refractivity contribution in [3.63, 3.8) is 0 Å². The maximum atomic E-state index is 11.6. The summed E-state index contributed by atoms with van der Waals surface area (Å²) in [5, 5.41) is 6.51. The van der Waals surface area contributed by atoms with E-state index in [2.05, 4.69) is 16.7 Å². The van der Waals surface area contributed by atoms with E-state index in [-0.39, 0.29) is 46.9 Å². The molecule has 0 amide bonds. The van der Waals surface area contributed by atoms with Gasteiger partial charge in [-0.3, -0.25) is 4.99 Å². The number of hydrogen-bond acceptors (Lipinski definition) is 4. The molecule has 1 saturated carbocycles. The molecule has 2 fully saturated rings. The van der Waals surface area contributed by atoms with Crippen molar-refractivity contribution in [1.82, 2.24) is 10.6 Å². The zero-order chi connectivity index (χ0) is 17.9. The van der Waals surface area contributed by atoms with Crippen molar-refractivity contribution >= 4 is 39.8 Å². The van der Waals surface area contributed by atoms with E-state index in [1.54, 1.807) is 7.11 Å². The van der Waals surface area contributed by atoms with E-state index in [1.165, 1.54) is 5.56 Å². The van der Waals surface area contributed by atoms with Crippen LogP contribution in [-0.2, 0) is 15.3 Å². The summed E-state index contributed by atoms with van der Waals surface area (Å²) in [5.41, 5.74) is 1.25. The molecule has 146 valence electrons. The minimum Gasteiger partial charge on any atom is -0.496 e. The molecule has 1 aromatic carbocycles. The number of para-hydroxylation sites is 1. The largest absolute Gasteiger partial charge is 0.496 e. The predicted octanol–water partition coefficient (Wildman–Crippen LogP) is 2.09. The molecule has 26 heavy (non-hydrogen) atoms. The molecule has 0 spiro atoms. The number of ether oxygens (including phenoxy) is 1. The van der Waals surface area contributed by atoms with Crippen LogP contribution < -0.4 is 15.4 Å². The molecule has 2 N–H and O–H groups in total. The van der Waals surface area contributed by atoms with Gasteiger partial charge >= 0.3 is 0 Å². The van der Waals surface area contributed by atoms with Gasteiger partial charge in [0.1, 0.15) is 5.75 Å². The molecule has 0 radical (unpaired) electrons. The third kappa shape index (κ3) is 5.03. The summed E-state index contributed by atoms with van der Waals surface area (Å²) in [6.07, 6.45) is 2.83. The molecule has 1 aliphatic heterocycles. The molecule has 6 nitrogen and oxygen atoms in total. The highest BCUT2D eigenvalue weighted by molar-refractivity contribution is 14.0. The Hall–Kier alpha value is -1.03. The molecule has 3 rings (SSSR count). The number of guanidine groups is 1. The highest BCUT2D eigenvalue weighted by Crippen LogP contribution is 2.51. The topological polar surface area (TPSA) is 79.8 Å². The molecule has 0 aromatic heterocycles. The summed E-state index contributed by atoms with van der Waals surface area (Å²) in [5.74, 6) is 2.06. The quantitative estimate of drug-likeness (QED) is 0.361. The number of methoxy groups -OCH3 is 1. The SMILES string of the molecule is CCNC(=NCC1(c2ccccc2OC)CC1)NC1CCS(=O)(=O)C1.I. The maximum Gasteiger partial charge on any atom is 0.191 e. The van der Waals surface area contributed by atoms with Crippen LogP contribution in [0.2, 0.25) is 0 Å². The molecule has 2 aliphatic rings. The lowest BCUT2D eigenvalue weighted by Crippen LogP contribution is -2.44. The van der Waals surface area contributed by atoms with Gasteiger partial charge in [0.2, 0.25) is 0 Å². The smallest absolute Gasteiger partial charge is 0.191 e. The van der Waals surface area contributed by atoms with Gasteiger partial charge in [0, 0.05) is 23.6 Å². The third-order valence-corrected chi connectivity index (χ3v) is 6.76. The van der Waals surface area contributed by atoms with Crippen LogP contribution in [0.3, 0.4) is 0 Å². The number of aliphatic imine (C=N–C) groups is 1. The second-order valence-corrected chi connectivity index (χ2v) is 9.15. The van der Waals surface area contributed by atoms with Crippen LogP contribution in [0.5, 0.6) is 5.75 Å². The second kappa shape index (κ2) is 8.77. The minimum atomic E-state index is -2.90. The molecule has 1 aromatic rings. The lowest BCUT2D eigenvalue weighted by Gasteiger charge is -2.19. The Labute approximate surface area is 173 Å². The Kier molecular flexibility index (Phi) is 7.18. The van der Waals surface area contributed by atoms with Crippen LogP contribution in [0, 0.1) is 0 Å². The molecule has 1 atom stereocenters. The van der Waals surface area contributed by atoms with E-state index in [0.29, 0.717) is 18.9 Å². The number of hydrogen-bond donors (Lipinski definition) is 2. The Balaban J connectivity index is 0.00000243. The number of rotatable bonds is 6. The van der Waals surface area contributed by atoms with Gasteiger partial charge in [-0.2, -0.15) is 0 Å². The monoisotopic (exact) mass is 493 g/mol. The predicted molar refractivity (Wildman–Crippen MR) is 115 cm³/mol. The Morgan fingerprint density at radius 2 is 2.08 bits per heavy atom. The minimum absolute atomic E-state index is 0. The number of nitrogens with zero attached hydrogens (tertiary/aromatic N) is 1. The standard InChI is InChI=1S/C18H27N3O3S.HI/c1-3-19-17(21-14-8-11-25(22,23)12-14)20-13-18(9-10-18)15-6-4-5-7-16(15)24-2;/h4-7,14H,3,8-13H2,1-2H3,(H2,19,20,21);1H. The fourth-order valence-corrected chi connectivity index (χ4v) is 5.07. The summed E-state index contributed by atoms with van der Waals surface area (Å²) < 4.78 is 28.8. The fourth-order valence-electron chi connectivity index (χ4n) is 3.40.